The highest BCUT2D eigenvalue weighted by molar-refractivity contribution is 7.22. The molecule has 140 valence electrons. The maximum Gasteiger partial charge on any atom is 0.337 e. The van der Waals surface area contributed by atoms with Gasteiger partial charge in [-0.3, -0.25) is 10.1 Å². The lowest BCUT2D eigenvalue weighted by Crippen LogP contribution is -2.20. The summed E-state index contributed by atoms with van der Waals surface area (Å²) >= 11 is 7.40. The molecule has 0 spiro atoms. The molecule has 2 aromatic carbocycles. The van der Waals surface area contributed by atoms with Gasteiger partial charge in [-0.15, -0.1) is 0 Å². The van der Waals surface area contributed by atoms with Gasteiger partial charge in [0.2, 0.25) is 0 Å². The Morgan fingerprint density at radius 3 is 2.56 bits per heavy atom. The fraction of sp³-hybridized carbons (Fsp3) is 0.211. The van der Waals surface area contributed by atoms with Gasteiger partial charge in [0.15, 0.2) is 11.7 Å². The summed E-state index contributed by atoms with van der Waals surface area (Å²) in [5.74, 6) is -0.165. The van der Waals surface area contributed by atoms with Crippen molar-refractivity contribution in [3.63, 3.8) is 0 Å². The van der Waals surface area contributed by atoms with Crippen LogP contribution in [0.4, 0.5) is 5.13 Å². The van der Waals surface area contributed by atoms with E-state index in [9.17, 15) is 9.59 Å². The number of carbonyl (C=O) groups is 2. The van der Waals surface area contributed by atoms with Gasteiger partial charge in [-0.1, -0.05) is 22.9 Å². The van der Waals surface area contributed by atoms with E-state index in [4.69, 9.17) is 21.1 Å². The summed E-state index contributed by atoms with van der Waals surface area (Å²) in [4.78, 5) is 28.1. The molecular formula is C19H17ClN2O4S. The highest BCUT2D eigenvalue weighted by Crippen LogP contribution is 2.28. The normalized spacial score (nSPS) is 10.7. The summed E-state index contributed by atoms with van der Waals surface area (Å²) < 4.78 is 11.0. The predicted octanol–water partition coefficient (Wildman–Crippen LogP) is 4.37. The summed E-state index contributed by atoms with van der Waals surface area (Å²) in [5.41, 5.74) is 2.90. The molecule has 0 unspecified atom stereocenters. The Labute approximate surface area is 165 Å². The smallest absolute Gasteiger partial charge is 0.337 e. The maximum absolute atomic E-state index is 12.2. The van der Waals surface area contributed by atoms with Crippen molar-refractivity contribution in [3.8, 4) is 5.75 Å². The lowest BCUT2D eigenvalue weighted by Gasteiger charge is -2.09. The zero-order valence-electron chi connectivity index (χ0n) is 15.0. The van der Waals surface area contributed by atoms with Crippen LogP contribution in [-0.2, 0) is 9.53 Å². The molecule has 6 nitrogen and oxygen atoms in total. The molecule has 0 radical (unpaired) electrons. The topological polar surface area (TPSA) is 77.5 Å². The van der Waals surface area contributed by atoms with Gasteiger partial charge >= 0.3 is 5.97 Å². The van der Waals surface area contributed by atoms with Crippen molar-refractivity contribution < 1.29 is 19.1 Å². The summed E-state index contributed by atoms with van der Waals surface area (Å²) in [6.45, 7) is 3.61. The Balaban J connectivity index is 1.66. The van der Waals surface area contributed by atoms with Gasteiger partial charge < -0.3 is 9.47 Å². The fourth-order valence-electron chi connectivity index (χ4n) is 2.52. The Hall–Kier alpha value is -2.64. The Morgan fingerprint density at radius 1 is 1.19 bits per heavy atom. The number of anilines is 1. The van der Waals surface area contributed by atoms with E-state index < -0.39 is 5.97 Å². The molecule has 8 heteroatoms. The number of benzene rings is 2. The molecule has 0 bridgehead atoms. The maximum atomic E-state index is 12.2. The number of hydrogen-bond donors (Lipinski definition) is 1. The standard InChI is InChI=1S/C19H17ClN2O4S/c1-10-6-13(7-11(2)17(10)20)26-9-16(23)22-19-21-14-5-4-12(18(24)25-3)8-15(14)27-19/h4-8H,9H2,1-3H3,(H,21,22,23). The number of ether oxygens (including phenoxy) is 2. The molecule has 0 aliphatic heterocycles. The van der Waals surface area contributed by atoms with Gasteiger partial charge in [-0.2, -0.15) is 0 Å². The van der Waals surface area contributed by atoms with E-state index in [1.54, 1.807) is 30.3 Å². The number of thiazole rings is 1. The number of rotatable bonds is 5. The number of fused-ring (bicyclic) bond motifs is 1. The Morgan fingerprint density at radius 2 is 1.89 bits per heavy atom. The number of carbonyl (C=O) groups excluding carboxylic acids is 2. The minimum Gasteiger partial charge on any atom is -0.484 e. The number of aryl methyl sites for hydroxylation is 2. The van der Waals surface area contributed by atoms with Crippen molar-refractivity contribution >= 4 is 50.2 Å². The van der Waals surface area contributed by atoms with Crippen molar-refractivity contribution in [2.75, 3.05) is 19.0 Å². The van der Waals surface area contributed by atoms with Gasteiger partial charge in [0.25, 0.3) is 5.91 Å². The van der Waals surface area contributed by atoms with Crippen LogP contribution in [0.25, 0.3) is 10.2 Å². The number of methoxy groups -OCH3 is 1. The monoisotopic (exact) mass is 404 g/mol. The number of hydrogen-bond acceptors (Lipinski definition) is 6. The van der Waals surface area contributed by atoms with Crippen molar-refractivity contribution in [1.82, 2.24) is 4.98 Å². The number of esters is 1. The summed E-state index contributed by atoms with van der Waals surface area (Å²) in [6.07, 6.45) is 0. The van der Waals surface area contributed by atoms with Crippen LogP contribution in [0.2, 0.25) is 5.02 Å². The number of halogens is 1. The quantitative estimate of drug-likeness (QED) is 0.639. The summed E-state index contributed by atoms with van der Waals surface area (Å²) in [7, 11) is 1.33. The molecule has 0 saturated carbocycles. The molecule has 0 fully saturated rings. The van der Waals surface area contributed by atoms with Crippen molar-refractivity contribution in [1.29, 1.82) is 0 Å². The number of nitrogens with zero attached hydrogens (tertiary/aromatic N) is 1. The van der Waals surface area contributed by atoms with Crippen LogP contribution in [-0.4, -0.2) is 30.6 Å². The van der Waals surface area contributed by atoms with Gasteiger partial charge in [-0.25, -0.2) is 9.78 Å². The van der Waals surface area contributed by atoms with E-state index in [-0.39, 0.29) is 12.5 Å². The molecular weight excluding hydrogens is 388 g/mol. The molecule has 1 heterocycles. The third-order valence-corrected chi connectivity index (χ3v) is 5.37. The second-order valence-electron chi connectivity index (χ2n) is 5.90. The molecule has 27 heavy (non-hydrogen) atoms. The van der Waals surface area contributed by atoms with Gasteiger partial charge in [0.05, 0.1) is 22.9 Å². The molecule has 1 N–H and O–H groups in total. The first-order valence-electron chi connectivity index (χ1n) is 8.05. The zero-order valence-corrected chi connectivity index (χ0v) is 16.5. The highest BCUT2D eigenvalue weighted by atomic mass is 35.5. The van der Waals surface area contributed by atoms with Crippen molar-refractivity contribution in [2.24, 2.45) is 0 Å². The van der Waals surface area contributed by atoms with Crippen LogP contribution < -0.4 is 10.1 Å². The first-order chi connectivity index (χ1) is 12.9. The van der Waals surface area contributed by atoms with E-state index in [0.717, 1.165) is 15.8 Å². The highest BCUT2D eigenvalue weighted by Gasteiger charge is 2.12. The van der Waals surface area contributed by atoms with Gasteiger partial charge in [0, 0.05) is 5.02 Å². The first-order valence-corrected chi connectivity index (χ1v) is 9.25. The van der Waals surface area contributed by atoms with E-state index >= 15 is 0 Å². The lowest BCUT2D eigenvalue weighted by molar-refractivity contribution is -0.118. The SMILES string of the molecule is COC(=O)c1ccc2nc(NC(=O)COc3cc(C)c(Cl)c(C)c3)sc2c1. The third kappa shape index (κ3) is 4.37. The fourth-order valence-corrected chi connectivity index (χ4v) is 3.55. The van der Waals surface area contributed by atoms with Crippen LogP contribution in [0.1, 0.15) is 21.5 Å². The molecule has 1 aromatic heterocycles. The second-order valence-corrected chi connectivity index (χ2v) is 7.31. The molecule has 0 aliphatic rings. The second kappa shape index (κ2) is 7.94. The van der Waals surface area contributed by atoms with Gasteiger partial charge in [0.1, 0.15) is 5.75 Å². The molecule has 0 atom stereocenters. The van der Waals surface area contributed by atoms with Crippen LogP contribution in [0, 0.1) is 13.8 Å². The summed E-state index contributed by atoms with van der Waals surface area (Å²) in [6, 6.07) is 8.60. The van der Waals surface area contributed by atoms with Gasteiger partial charge in [-0.05, 0) is 55.3 Å². The summed E-state index contributed by atoms with van der Waals surface area (Å²) in [5, 5.41) is 3.83. The third-order valence-electron chi connectivity index (χ3n) is 3.84. The average molecular weight is 405 g/mol. The lowest BCUT2D eigenvalue weighted by atomic mass is 10.1. The largest absolute Gasteiger partial charge is 0.484 e. The Kier molecular flexibility index (Phi) is 5.62. The number of aromatic nitrogens is 1. The molecule has 1 amide bonds. The average Bonchev–Trinajstić information content (AvgIpc) is 3.04. The minimum absolute atomic E-state index is 0.149. The molecule has 3 rings (SSSR count). The molecule has 0 aliphatic carbocycles. The number of amides is 1. The minimum atomic E-state index is -0.419. The predicted molar refractivity (Wildman–Crippen MR) is 106 cm³/mol. The van der Waals surface area contributed by atoms with Crippen LogP contribution in [0.5, 0.6) is 5.75 Å². The van der Waals surface area contributed by atoms with Crippen molar-refractivity contribution in [2.45, 2.75) is 13.8 Å². The molecule has 0 saturated heterocycles. The Bertz CT molecular complexity index is 1010. The first kappa shape index (κ1) is 19.1. The van der Waals surface area contributed by atoms with Crippen LogP contribution >= 0.6 is 22.9 Å². The van der Waals surface area contributed by atoms with Crippen molar-refractivity contribution in [3.05, 3.63) is 52.0 Å². The van der Waals surface area contributed by atoms with E-state index in [0.29, 0.717) is 27.0 Å². The molecule has 3 aromatic rings. The van der Waals surface area contributed by atoms with Crippen LogP contribution in [0.15, 0.2) is 30.3 Å². The van der Waals surface area contributed by atoms with E-state index in [1.807, 2.05) is 13.8 Å². The van der Waals surface area contributed by atoms with Crippen LogP contribution in [0.3, 0.4) is 0 Å². The zero-order chi connectivity index (χ0) is 19.6. The van der Waals surface area contributed by atoms with E-state index in [2.05, 4.69) is 10.3 Å². The van der Waals surface area contributed by atoms with E-state index in [1.165, 1.54) is 18.4 Å². The number of nitrogens with one attached hydrogen (secondary N) is 1.